The molecule has 1 aliphatic carbocycles. The predicted octanol–water partition coefficient (Wildman–Crippen LogP) is 2.24. The van der Waals surface area contributed by atoms with E-state index in [9.17, 15) is 0 Å². The summed E-state index contributed by atoms with van der Waals surface area (Å²) in [7, 11) is 1.63. The fourth-order valence-corrected chi connectivity index (χ4v) is 1.45. The minimum atomic E-state index is 0.293. The molecule has 0 spiro atoms. The summed E-state index contributed by atoms with van der Waals surface area (Å²) in [6.07, 6.45) is 2.47. The third-order valence-corrected chi connectivity index (χ3v) is 2.68. The quantitative estimate of drug-likeness (QED) is 0.722. The van der Waals surface area contributed by atoms with Gasteiger partial charge in [0.15, 0.2) is 0 Å². The van der Waals surface area contributed by atoms with Gasteiger partial charge in [0.25, 0.3) is 0 Å². The van der Waals surface area contributed by atoms with Crippen LogP contribution in [0.1, 0.15) is 19.8 Å². The molecule has 3 nitrogen and oxygen atoms in total. The first kappa shape index (κ1) is 9.19. The first-order chi connectivity index (χ1) is 6.63. The van der Waals surface area contributed by atoms with Crippen LogP contribution in [0, 0.1) is 0 Å². The van der Waals surface area contributed by atoms with Crippen LogP contribution in [-0.2, 0) is 0 Å². The Bertz CT molecular complexity index is 345. The summed E-state index contributed by atoms with van der Waals surface area (Å²) in [5.41, 5.74) is 7.78. The molecule has 0 atom stereocenters. The van der Waals surface area contributed by atoms with Gasteiger partial charge in [-0.05, 0) is 31.9 Å². The maximum absolute atomic E-state index is 5.73. The molecule has 0 aromatic heterocycles. The van der Waals surface area contributed by atoms with E-state index in [1.165, 1.54) is 12.8 Å². The van der Waals surface area contributed by atoms with Crippen molar-refractivity contribution in [3.05, 3.63) is 18.2 Å². The normalized spacial score (nSPS) is 17.6. The van der Waals surface area contributed by atoms with E-state index in [0.717, 1.165) is 11.4 Å². The molecule has 0 amide bonds. The Hall–Kier alpha value is -1.38. The molecule has 0 aliphatic heterocycles. The molecular formula is C11H16N2O. The molecule has 14 heavy (non-hydrogen) atoms. The minimum Gasteiger partial charge on any atom is -0.495 e. The van der Waals surface area contributed by atoms with Gasteiger partial charge >= 0.3 is 0 Å². The number of nitrogens with one attached hydrogen (secondary N) is 1. The summed E-state index contributed by atoms with van der Waals surface area (Å²) < 4.78 is 5.16. The number of nitrogens with two attached hydrogens (primary N) is 1. The van der Waals surface area contributed by atoms with E-state index in [1.807, 2.05) is 18.2 Å². The van der Waals surface area contributed by atoms with Crippen LogP contribution in [0.4, 0.5) is 11.4 Å². The second kappa shape index (κ2) is 3.08. The first-order valence-corrected chi connectivity index (χ1v) is 4.85. The molecule has 0 radical (unpaired) electrons. The molecule has 3 N–H and O–H groups in total. The van der Waals surface area contributed by atoms with E-state index >= 15 is 0 Å². The van der Waals surface area contributed by atoms with Crippen LogP contribution in [0.5, 0.6) is 5.75 Å². The van der Waals surface area contributed by atoms with Crippen molar-refractivity contribution in [2.75, 3.05) is 18.2 Å². The Morgan fingerprint density at radius 3 is 2.71 bits per heavy atom. The SMILES string of the molecule is COc1cc(NC2(C)CC2)ccc1N. The van der Waals surface area contributed by atoms with Crippen LogP contribution in [0.15, 0.2) is 18.2 Å². The highest BCUT2D eigenvalue weighted by Gasteiger charge is 2.36. The molecular weight excluding hydrogens is 176 g/mol. The second-order valence-corrected chi connectivity index (χ2v) is 4.14. The van der Waals surface area contributed by atoms with Gasteiger partial charge in [0.2, 0.25) is 0 Å². The Kier molecular flexibility index (Phi) is 2.02. The molecule has 1 saturated carbocycles. The molecule has 76 valence electrons. The number of hydrogen-bond acceptors (Lipinski definition) is 3. The molecule has 1 aromatic rings. The Morgan fingerprint density at radius 1 is 1.43 bits per heavy atom. The number of ether oxygens (including phenoxy) is 1. The Labute approximate surface area is 84.3 Å². The van der Waals surface area contributed by atoms with Gasteiger partial charge in [-0.2, -0.15) is 0 Å². The van der Waals surface area contributed by atoms with Gasteiger partial charge in [-0.15, -0.1) is 0 Å². The summed E-state index contributed by atoms with van der Waals surface area (Å²) in [5.74, 6) is 0.735. The average Bonchev–Trinajstić information content (AvgIpc) is 2.87. The summed E-state index contributed by atoms with van der Waals surface area (Å²) in [6.45, 7) is 2.22. The lowest BCUT2D eigenvalue weighted by Crippen LogP contribution is -2.15. The van der Waals surface area contributed by atoms with Gasteiger partial charge in [0, 0.05) is 17.3 Å². The fraction of sp³-hybridized carbons (Fsp3) is 0.455. The van der Waals surface area contributed by atoms with Crippen LogP contribution < -0.4 is 15.8 Å². The van der Waals surface area contributed by atoms with Crippen molar-refractivity contribution in [3.63, 3.8) is 0 Å². The molecule has 1 aromatic carbocycles. The van der Waals surface area contributed by atoms with Crippen molar-refractivity contribution in [1.82, 2.24) is 0 Å². The third-order valence-electron chi connectivity index (χ3n) is 2.68. The highest BCUT2D eigenvalue weighted by atomic mass is 16.5. The van der Waals surface area contributed by atoms with E-state index in [-0.39, 0.29) is 0 Å². The molecule has 0 unspecified atom stereocenters. The number of hydrogen-bond donors (Lipinski definition) is 2. The average molecular weight is 192 g/mol. The summed E-state index contributed by atoms with van der Waals surface area (Å²) in [6, 6.07) is 5.80. The van der Waals surface area contributed by atoms with Crippen molar-refractivity contribution in [2.45, 2.75) is 25.3 Å². The molecule has 0 heterocycles. The van der Waals surface area contributed by atoms with Crippen molar-refractivity contribution >= 4 is 11.4 Å². The molecule has 1 aliphatic rings. The number of nitrogen functional groups attached to an aromatic ring is 1. The maximum Gasteiger partial charge on any atom is 0.143 e. The molecule has 0 saturated heterocycles. The van der Waals surface area contributed by atoms with Crippen molar-refractivity contribution in [2.24, 2.45) is 0 Å². The number of methoxy groups -OCH3 is 1. The highest BCUT2D eigenvalue weighted by molar-refractivity contribution is 5.62. The summed E-state index contributed by atoms with van der Waals surface area (Å²) in [5, 5.41) is 3.46. The van der Waals surface area contributed by atoms with Crippen LogP contribution in [0.25, 0.3) is 0 Å². The van der Waals surface area contributed by atoms with E-state index < -0.39 is 0 Å². The van der Waals surface area contributed by atoms with E-state index in [0.29, 0.717) is 11.2 Å². The third kappa shape index (κ3) is 1.76. The van der Waals surface area contributed by atoms with Crippen molar-refractivity contribution < 1.29 is 4.74 Å². The van der Waals surface area contributed by atoms with E-state index in [2.05, 4.69) is 12.2 Å². The van der Waals surface area contributed by atoms with Crippen LogP contribution in [0.2, 0.25) is 0 Å². The summed E-state index contributed by atoms with van der Waals surface area (Å²) in [4.78, 5) is 0. The zero-order valence-corrected chi connectivity index (χ0v) is 8.63. The predicted molar refractivity (Wildman–Crippen MR) is 58.7 cm³/mol. The van der Waals surface area contributed by atoms with Crippen molar-refractivity contribution in [1.29, 1.82) is 0 Å². The van der Waals surface area contributed by atoms with Crippen LogP contribution in [0.3, 0.4) is 0 Å². The lowest BCUT2D eigenvalue weighted by molar-refractivity contribution is 0.417. The molecule has 0 bridgehead atoms. The van der Waals surface area contributed by atoms with Crippen molar-refractivity contribution in [3.8, 4) is 5.75 Å². The fourth-order valence-electron chi connectivity index (χ4n) is 1.45. The second-order valence-electron chi connectivity index (χ2n) is 4.14. The Morgan fingerprint density at radius 2 is 2.14 bits per heavy atom. The summed E-state index contributed by atoms with van der Waals surface area (Å²) >= 11 is 0. The molecule has 2 rings (SSSR count). The minimum absolute atomic E-state index is 0.293. The highest BCUT2D eigenvalue weighted by Crippen LogP contribution is 2.39. The van der Waals surface area contributed by atoms with E-state index in [4.69, 9.17) is 10.5 Å². The first-order valence-electron chi connectivity index (χ1n) is 4.85. The zero-order valence-electron chi connectivity index (χ0n) is 8.63. The maximum atomic E-state index is 5.73. The Balaban J connectivity index is 2.18. The van der Waals surface area contributed by atoms with Gasteiger partial charge < -0.3 is 15.8 Å². The number of benzene rings is 1. The largest absolute Gasteiger partial charge is 0.495 e. The number of rotatable bonds is 3. The monoisotopic (exact) mass is 192 g/mol. The molecule has 3 heteroatoms. The van der Waals surface area contributed by atoms with Crippen LogP contribution in [-0.4, -0.2) is 12.6 Å². The lowest BCUT2D eigenvalue weighted by atomic mass is 10.2. The smallest absolute Gasteiger partial charge is 0.143 e. The zero-order chi connectivity index (χ0) is 10.2. The standard InChI is InChI=1S/C11H16N2O/c1-11(5-6-11)13-8-3-4-9(12)10(7-8)14-2/h3-4,7,13H,5-6,12H2,1-2H3. The topological polar surface area (TPSA) is 47.3 Å². The van der Waals surface area contributed by atoms with Crippen LogP contribution >= 0.6 is 0 Å². The van der Waals surface area contributed by atoms with E-state index in [1.54, 1.807) is 7.11 Å². The van der Waals surface area contributed by atoms with Gasteiger partial charge in [-0.1, -0.05) is 0 Å². The van der Waals surface area contributed by atoms with Gasteiger partial charge in [0.1, 0.15) is 5.75 Å². The molecule has 1 fully saturated rings. The number of anilines is 2. The van der Waals surface area contributed by atoms with Gasteiger partial charge in [-0.3, -0.25) is 0 Å². The lowest BCUT2D eigenvalue weighted by Gasteiger charge is -2.14. The van der Waals surface area contributed by atoms with Gasteiger partial charge in [0.05, 0.1) is 12.8 Å². The van der Waals surface area contributed by atoms with Gasteiger partial charge in [-0.25, -0.2) is 0 Å².